The summed E-state index contributed by atoms with van der Waals surface area (Å²) in [6.07, 6.45) is -1.19. The molecule has 0 unspecified atom stereocenters. The number of Topliss-reactive ketones (excluding diaryl/α,β-unsaturated/α-hetero) is 1. The molecule has 13 heteroatoms. The summed E-state index contributed by atoms with van der Waals surface area (Å²) in [7, 11) is 0. The van der Waals surface area contributed by atoms with E-state index in [1.807, 2.05) is 18.2 Å². The lowest BCUT2D eigenvalue weighted by Gasteiger charge is -2.32. The summed E-state index contributed by atoms with van der Waals surface area (Å²) in [5.41, 5.74) is 15.4. The molecule has 0 aliphatic rings. The van der Waals surface area contributed by atoms with Crippen molar-refractivity contribution in [1.29, 1.82) is 0 Å². The van der Waals surface area contributed by atoms with E-state index in [-0.39, 0.29) is 13.0 Å². The molecule has 0 radical (unpaired) electrons. The number of nitrogens with two attached hydrogens (primary N) is 3. The van der Waals surface area contributed by atoms with E-state index in [1.54, 1.807) is 77.1 Å². The standard InChI is InChI=1S/C33H45N5O8/c1-20(2)27(38-30(43)33(36,18-26(35)40)31(44)46-32(3,4)5)28(41)37-24(29(42)45-19-22-14-10-7-11-15-22)17-25(39)23(34)16-21-12-8-6-9-13-21/h6-15,20,23-24,27H,16-19,34,36H2,1-5H3,(H2,35,40)(H,37,41)(H,38,43)/t23-,24-,27-,33-/m0/s1. The van der Waals surface area contributed by atoms with Gasteiger partial charge >= 0.3 is 11.9 Å². The van der Waals surface area contributed by atoms with Crippen LogP contribution in [0.15, 0.2) is 60.7 Å². The molecule has 0 aliphatic carbocycles. The van der Waals surface area contributed by atoms with E-state index in [0.717, 1.165) is 5.56 Å². The summed E-state index contributed by atoms with van der Waals surface area (Å²) in [4.78, 5) is 78.1. The average Bonchev–Trinajstić information content (AvgIpc) is 2.97. The Morgan fingerprint density at radius 1 is 0.848 bits per heavy atom. The molecule has 250 valence electrons. The van der Waals surface area contributed by atoms with E-state index in [4.69, 9.17) is 26.7 Å². The zero-order valence-corrected chi connectivity index (χ0v) is 26.9. The van der Waals surface area contributed by atoms with Crippen LogP contribution in [0.2, 0.25) is 0 Å². The van der Waals surface area contributed by atoms with Gasteiger partial charge in [0.05, 0.1) is 12.5 Å². The normalized spacial score (nSPS) is 14.6. The van der Waals surface area contributed by atoms with E-state index in [2.05, 4.69) is 10.6 Å². The molecule has 2 aromatic rings. The van der Waals surface area contributed by atoms with Crippen molar-refractivity contribution in [2.45, 2.75) is 89.8 Å². The van der Waals surface area contributed by atoms with Crippen LogP contribution in [0.3, 0.4) is 0 Å². The van der Waals surface area contributed by atoms with Gasteiger partial charge in [0.2, 0.25) is 17.4 Å². The van der Waals surface area contributed by atoms with Gasteiger partial charge in [-0.1, -0.05) is 74.5 Å². The minimum atomic E-state index is -2.55. The van der Waals surface area contributed by atoms with Crippen molar-refractivity contribution in [3.63, 3.8) is 0 Å². The first-order valence-corrected chi connectivity index (χ1v) is 14.9. The van der Waals surface area contributed by atoms with Crippen LogP contribution in [0.25, 0.3) is 0 Å². The molecule has 3 amide bonds. The number of amides is 3. The Balaban J connectivity index is 2.29. The number of hydrogen-bond donors (Lipinski definition) is 5. The molecule has 0 saturated heterocycles. The Morgan fingerprint density at radius 2 is 1.39 bits per heavy atom. The van der Waals surface area contributed by atoms with Gasteiger partial charge in [-0.15, -0.1) is 0 Å². The number of ketones is 1. The van der Waals surface area contributed by atoms with Gasteiger partial charge in [0.1, 0.15) is 24.3 Å². The second-order valence-electron chi connectivity index (χ2n) is 12.4. The lowest BCUT2D eigenvalue weighted by atomic mass is 9.92. The van der Waals surface area contributed by atoms with Crippen molar-refractivity contribution in [1.82, 2.24) is 10.6 Å². The third-order valence-electron chi connectivity index (χ3n) is 6.80. The smallest absolute Gasteiger partial charge is 0.337 e. The van der Waals surface area contributed by atoms with Crippen molar-refractivity contribution < 1.29 is 38.2 Å². The highest BCUT2D eigenvalue weighted by Gasteiger charge is 2.48. The van der Waals surface area contributed by atoms with Crippen LogP contribution in [0.5, 0.6) is 0 Å². The van der Waals surface area contributed by atoms with Crippen LogP contribution in [0.4, 0.5) is 0 Å². The van der Waals surface area contributed by atoms with Gasteiger partial charge in [0.15, 0.2) is 5.78 Å². The zero-order chi connectivity index (χ0) is 34.7. The highest BCUT2D eigenvalue weighted by atomic mass is 16.6. The minimum absolute atomic E-state index is 0.126. The van der Waals surface area contributed by atoms with Crippen LogP contribution in [-0.4, -0.2) is 64.7 Å². The Morgan fingerprint density at radius 3 is 1.89 bits per heavy atom. The highest BCUT2D eigenvalue weighted by molar-refractivity contribution is 6.11. The second kappa shape index (κ2) is 16.6. The van der Waals surface area contributed by atoms with Crippen LogP contribution in [0.1, 0.15) is 58.6 Å². The van der Waals surface area contributed by atoms with Crippen molar-refractivity contribution in [2.24, 2.45) is 23.1 Å². The lowest BCUT2D eigenvalue weighted by Crippen LogP contribution is -2.66. The van der Waals surface area contributed by atoms with Crippen molar-refractivity contribution >= 4 is 35.4 Å². The predicted molar refractivity (Wildman–Crippen MR) is 169 cm³/mol. The van der Waals surface area contributed by atoms with Crippen LogP contribution in [-0.2, 0) is 51.3 Å². The van der Waals surface area contributed by atoms with E-state index < -0.39 is 83.5 Å². The molecule has 0 fully saturated rings. The van der Waals surface area contributed by atoms with Gasteiger partial charge in [-0.2, -0.15) is 0 Å². The maximum Gasteiger partial charge on any atom is 0.337 e. The summed E-state index contributed by atoms with van der Waals surface area (Å²) in [5.74, 6) is -6.37. The second-order valence-corrected chi connectivity index (χ2v) is 12.4. The topological polar surface area (TPSA) is 223 Å². The van der Waals surface area contributed by atoms with Gasteiger partial charge in [-0.05, 0) is 44.2 Å². The van der Waals surface area contributed by atoms with Crippen LogP contribution < -0.4 is 27.8 Å². The average molecular weight is 640 g/mol. The largest absolute Gasteiger partial charge is 0.459 e. The van der Waals surface area contributed by atoms with Crippen molar-refractivity contribution in [2.75, 3.05) is 0 Å². The fraction of sp³-hybridized carbons (Fsp3) is 0.455. The molecule has 2 aromatic carbocycles. The van der Waals surface area contributed by atoms with Crippen molar-refractivity contribution in [3.05, 3.63) is 71.8 Å². The van der Waals surface area contributed by atoms with E-state index in [9.17, 15) is 28.8 Å². The van der Waals surface area contributed by atoms with Gasteiger partial charge in [-0.3, -0.25) is 19.2 Å². The quantitative estimate of drug-likeness (QED) is 0.128. The van der Waals surface area contributed by atoms with Gasteiger partial charge in [0.25, 0.3) is 5.91 Å². The predicted octanol–water partition coefficient (Wildman–Crippen LogP) is 0.799. The third-order valence-corrected chi connectivity index (χ3v) is 6.80. The molecule has 0 bridgehead atoms. The van der Waals surface area contributed by atoms with E-state index in [0.29, 0.717) is 5.56 Å². The number of carbonyl (C=O) groups excluding carboxylic acids is 6. The number of esters is 2. The zero-order valence-electron chi connectivity index (χ0n) is 26.9. The molecule has 0 aromatic heterocycles. The number of benzene rings is 2. The summed E-state index contributed by atoms with van der Waals surface area (Å²) >= 11 is 0. The molecule has 13 nitrogen and oxygen atoms in total. The number of rotatable bonds is 16. The number of nitrogens with one attached hydrogen (secondary N) is 2. The molecule has 8 N–H and O–H groups in total. The van der Waals surface area contributed by atoms with Crippen LogP contribution >= 0.6 is 0 Å². The Labute approximate surface area is 268 Å². The first-order chi connectivity index (χ1) is 21.4. The number of carbonyl (C=O) groups is 6. The monoisotopic (exact) mass is 639 g/mol. The maximum atomic E-state index is 13.6. The number of primary amides is 1. The summed E-state index contributed by atoms with van der Waals surface area (Å²) in [6, 6.07) is 14.0. The first kappa shape index (κ1) is 37.6. The molecule has 46 heavy (non-hydrogen) atoms. The Bertz CT molecular complexity index is 1380. The number of ether oxygens (including phenoxy) is 2. The van der Waals surface area contributed by atoms with E-state index in [1.165, 1.54) is 0 Å². The summed E-state index contributed by atoms with van der Waals surface area (Å²) < 4.78 is 10.7. The lowest BCUT2D eigenvalue weighted by molar-refractivity contribution is -0.166. The maximum absolute atomic E-state index is 13.6. The van der Waals surface area contributed by atoms with E-state index >= 15 is 0 Å². The minimum Gasteiger partial charge on any atom is -0.459 e. The Kier molecular flexibility index (Phi) is 13.6. The summed E-state index contributed by atoms with van der Waals surface area (Å²) in [6.45, 7) is 7.69. The molecule has 4 atom stereocenters. The van der Waals surface area contributed by atoms with Gasteiger partial charge in [0, 0.05) is 6.42 Å². The fourth-order valence-corrected chi connectivity index (χ4v) is 4.31. The fourth-order valence-electron chi connectivity index (χ4n) is 4.31. The Hall–Kier alpha value is -4.62. The number of hydrogen-bond acceptors (Lipinski definition) is 10. The molecule has 0 saturated carbocycles. The molecule has 0 heterocycles. The van der Waals surface area contributed by atoms with Crippen molar-refractivity contribution in [3.8, 4) is 0 Å². The molecular formula is C33H45N5O8. The molecule has 0 aliphatic heterocycles. The summed E-state index contributed by atoms with van der Waals surface area (Å²) in [5, 5.41) is 4.89. The van der Waals surface area contributed by atoms with Gasteiger partial charge < -0.3 is 37.3 Å². The third kappa shape index (κ3) is 11.7. The van der Waals surface area contributed by atoms with Gasteiger partial charge in [-0.25, -0.2) is 9.59 Å². The molecule has 0 spiro atoms. The highest BCUT2D eigenvalue weighted by Crippen LogP contribution is 2.18. The first-order valence-electron chi connectivity index (χ1n) is 14.9. The van der Waals surface area contributed by atoms with Crippen LogP contribution in [0, 0.1) is 5.92 Å². The molecule has 2 rings (SSSR count). The SMILES string of the molecule is CC(C)[C@H](NC(=O)[C@@](N)(CC(N)=O)C(=O)OC(C)(C)C)C(=O)N[C@@H](CC(=O)[C@@H](N)Cc1ccccc1)C(=O)OCc1ccccc1. The molecular weight excluding hydrogens is 594 g/mol.